The van der Waals surface area contributed by atoms with E-state index in [2.05, 4.69) is 26.7 Å². The molecule has 0 bridgehead atoms. The zero-order valence-electron chi connectivity index (χ0n) is 8.32. The molecule has 1 saturated heterocycles. The van der Waals surface area contributed by atoms with Gasteiger partial charge in [-0.1, -0.05) is 0 Å². The van der Waals surface area contributed by atoms with E-state index in [-0.39, 0.29) is 0 Å². The maximum absolute atomic E-state index is 6.61. The second kappa shape index (κ2) is 2.56. The van der Waals surface area contributed by atoms with Gasteiger partial charge < -0.3 is 0 Å². The first-order chi connectivity index (χ1) is 5.25. The number of hydrogen-bond acceptors (Lipinski definition) is 0. The van der Waals surface area contributed by atoms with E-state index >= 15 is 0 Å². The molecular weight excluding hydrogens is 304 g/mol. The molecule has 0 saturated carbocycles. The van der Waals surface area contributed by atoms with Gasteiger partial charge >= 0.3 is 100 Å². The molecule has 0 atom stereocenters. The van der Waals surface area contributed by atoms with Gasteiger partial charge in [-0.05, 0) is 0 Å². The molecule has 1 fully saturated rings. The molecule has 1 aliphatic heterocycles. The summed E-state index contributed by atoms with van der Waals surface area (Å²) in [5.74, 6) is 0. The van der Waals surface area contributed by atoms with Gasteiger partial charge in [-0.25, -0.2) is 0 Å². The average molecular weight is 320 g/mol. The molecule has 0 unspecified atom stereocenters. The van der Waals surface area contributed by atoms with Crippen molar-refractivity contribution in [2.75, 3.05) is 39.0 Å². The van der Waals surface area contributed by atoms with E-state index in [4.69, 9.17) is 44.3 Å². The van der Waals surface area contributed by atoms with Crippen LogP contribution in [0, 0.1) is 0 Å². The minimum absolute atomic E-state index is 1.04. The summed E-state index contributed by atoms with van der Waals surface area (Å²) >= 11 is 26.4. The summed E-state index contributed by atoms with van der Waals surface area (Å²) in [6, 6.07) is 0. The second-order valence-electron chi connectivity index (χ2n) is 5.02. The van der Waals surface area contributed by atoms with Crippen LogP contribution in [0.5, 0.6) is 0 Å². The molecule has 0 aromatic heterocycles. The number of rotatable bonds is 0. The van der Waals surface area contributed by atoms with Crippen molar-refractivity contribution in [2.24, 2.45) is 0 Å². The first kappa shape index (κ1) is 13.3. The van der Waals surface area contributed by atoms with Crippen molar-refractivity contribution >= 4 is 61.1 Å². The van der Waals surface area contributed by atoms with Gasteiger partial charge in [0, 0.05) is 0 Å². The van der Waals surface area contributed by atoms with Gasteiger partial charge in [-0.15, -0.1) is 0 Å². The second-order valence-corrected chi connectivity index (χ2v) is 51.2. The molecule has 0 amide bonds. The predicted octanol–water partition coefficient (Wildman–Crippen LogP) is 4.85. The van der Waals surface area contributed by atoms with Crippen molar-refractivity contribution in [3.05, 3.63) is 0 Å². The van der Waals surface area contributed by atoms with Crippen LogP contribution >= 0.6 is 57.9 Å². The van der Waals surface area contributed by atoms with Crippen LogP contribution in [0.4, 0.5) is 0 Å². The van der Waals surface area contributed by atoms with Crippen LogP contribution < -0.4 is 0 Å². The molecule has 13 heavy (non-hydrogen) atoms. The topological polar surface area (TPSA) is 0 Å². The number of hydrogen-bond donors (Lipinski definition) is 0. The fraction of sp³-hybridized carbons (Fsp3) is 1.00. The van der Waals surface area contributed by atoms with Crippen LogP contribution in [0.2, 0.25) is 0 Å². The standard InChI is InChI=1S/C6H16Cl4P2Si/c1-11(2)5-6-12(3,4)13(11,7,8,9)10/h5-6H2,1-4H3. The SMILES string of the molecule is C[P+]1(C)CC[P+](C)(C)[Si-2]1(Cl)(Cl)(Cl)Cl. The fourth-order valence-electron chi connectivity index (χ4n) is 1.67. The quantitative estimate of drug-likeness (QED) is 0.340. The molecule has 0 N–H and O–H groups in total. The normalized spacial score (nSPS) is 42.5. The minimum atomic E-state index is -4.27. The monoisotopic (exact) mass is 318 g/mol. The Morgan fingerprint density at radius 3 is 1.08 bits per heavy atom. The zero-order valence-corrected chi connectivity index (χ0v) is 14.1. The molecule has 0 spiro atoms. The molecule has 0 radical (unpaired) electrons. The Bertz CT molecular complexity index is 243. The summed E-state index contributed by atoms with van der Waals surface area (Å²) in [6.07, 6.45) is 2.08. The Morgan fingerprint density at radius 2 is 1.00 bits per heavy atom. The van der Waals surface area contributed by atoms with Gasteiger partial charge in [0.15, 0.2) is 0 Å². The van der Waals surface area contributed by atoms with Gasteiger partial charge in [0.25, 0.3) is 0 Å². The van der Waals surface area contributed by atoms with Gasteiger partial charge in [0.05, 0.1) is 0 Å². The molecule has 0 nitrogen and oxygen atoms in total. The fourth-order valence-corrected chi connectivity index (χ4v) is 37.9. The summed E-state index contributed by atoms with van der Waals surface area (Å²) in [5.41, 5.74) is 0. The van der Waals surface area contributed by atoms with Gasteiger partial charge in [0.1, 0.15) is 0 Å². The Labute approximate surface area is 99.7 Å². The molecule has 1 rings (SSSR count). The molecule has 1 aliphatic rings. The molecule has 0 aromatic carbocycles. The van der Waals surface area contributed by atoms with E-state index in [0.29, 0.717) is 0 Å². The zero-order chi connectivity index (χ0) is 10.8. The van der Waals surface area contributed by atoms with E-state index in [0.717, 1.165) is 12.3 Å². The Morgan fingerprint density at radius 1 is 0.769 bits per heavy atom. The van der Waals surface area contributed by atoms with Crippen molar-refractivity contribution in [1.82, 2.24) is 0 Å². The van der Waals surface area contributed by atoms with Gasteiger partial charge in [-0.3, -0.25) is 0 Å². The van der Waals surface area contributed by atoms with E-state index < -0.39 is 16.8 Å². The summed E-state index contributed by atoms with van der Waals surface area (Å²) in [5, 5.41) is 0. The Hall–Kier alpha value is 2.24. The first-order valence-electron chi connectivity index (χ1n) is 4.12. The third-order valence-corrected chi connectivity index (χ3v) is 69.6. The van der Waals surface area contributed by atoms with Crippen LogP contribution in [0.1, 0.15) is 0 Å². The van der Waals surface area contributed by atoms with Crippen LogP contribution in [0.25, 0.3) is 0 Å². The Balaban J connectivity index is 3.51. The average Bonchev–Trinajstić information content (AvgIpc) is 1.87. The molecule has 1 heterocycles. The van der Waals surface area contributed by atoms with Crippen LogP contribution in [-0.2, 0) is 0 Å². The van der Waals surface area contributed by atoms with Crippen molar-refractivity contribution < 1.29 is 0 Å². The van der Waals surface area contributed by atoms with E-state index in [1.807, 2.05) is 0 Å². The summed E-state index contributed by atoms with van der Waals surface area (Å²) in [7, 11) is 0. The summed E-state index contributed by atoms with van der Waals surface area (Å²) in [6.45, 7) is 5.26. The van der Waals surface area contributed by atoms with Crippen molar-refractivity contribution in [2.45, 2.75) is 0 Å². The third kappa shape index (κ3) is 1.38. The molecule has 0 aromatic rings. The molecule has 7 heteroatoms. The van der Waals surface area contributed by atoms with E-state index in [9.17, 15) is 0 Å². The van der Waals surface area contributed by atoms with Crippen LogP contribution in [0.15, 0.2) is 0 Å². The van der Waals surface area contributed by atoms with Crippen molar-refractivity contribution in [3.63, 3.8) is 0 Å². The van der Waals surface area contributed by atoms with Crippen molar-refractivity contribution in [1.29, 1.82) is 0 Å². The van der Waals surface area contributed by atoms with Gasteiger partial charge in [-0.2, -0.15) is 0 Å². The predicted molar refractivity (Wildman–Crippen MR) is 76.4 cm³/mol. The van der Waals surface area contributed by atoms with Crippen LogP contribution in [0.3, 0.4) is 0 Å². The van der Waals surface area contributed by atoms with Crippen molar-refractivity contribution in [3.8, 4) is 0 Å². The first-order valence-corrected chi connectivity index (χ1v) is 18.6. The van der Waals surface area contributed by atoms with E-state index in [1.165, 1.54) is 0 Å². The molecule has 82 valence electrons. The van der Waals surface area contributed by atoms with Gasteiger partial charge in [0.2, 0.25) is 0 Å². The molecule has 0 aliphatic carbocycles. The Kier molecular flexibility index (Phi) is 2.62. The maximum atomic E-state index is 6.61. The van der Waals surface area contributed by atoms with Crippen LogP contribution in [-0.4, -0.2) is 42.2 Å². The summed E-state index contributed by atoms with van der Waals surface area (Å²) in [4.78, 5) is 0. The third-order valence-electron chi connectivity index (χ3n) is 3.59. The molecular formula is C6H16Cl4P2Si. The number of halogens is 4. The van der Waals surface area contributed by atoms with E-state index in [1.54, 1.807) is 0 Å². The summed E-state index contributed by atoms with van der Waals surface area (Å²) < 4.78 is -4.27.